The van der Waals surface area contributed by atoms with Gasteiger partial charge in [-0.25, -0.2) is 0 Å². The minimum Gasteiger partial charge on any atom is -0.492 e. The van der Waals surface area contributed by atoms with Gasteiger partial charge in [-0.15, -0.1) is 10.2 Å². The number of carbonyl (C=O) groups excluding carboxylic acids is 1. The number of nitrogens with zero attached hydrogens (tertiary/aromatic N) is 2. The predicted molar refractivity (Wildman–Crippen MR) is 106 cm³/mol. The Morgan fingerprint density at radius 1 is 1.19 bits per heavy atom. The number of ether oxygens (including phenoxy) is 1. The van der Waals surface area contributed by atoms with Crippen LogP contribution in [0.1, 0.15) is 17.7 Å². The molecule has 0 bridgehead atoms. The van der Waals surface area contributed by atoms with Crippen molar-refractivity contribution in [2.75, 3.05) is 17.7 Å². The molecule has 1 unspecified atom stereocenters. The fourth-order valence-corrected chi connectivity index (χ4v) is 4.15. The Morgan fingerprint density at radius 3 is 2.62 bits per heavy atom. The van der Waals surface area contributed by atoms with Crippen LogP contribution in [0.5, 0.6) is 5.75 Å². The second kappa shape index (κ2) is 8.68. The Labute approximate surface area is 159 Å². The fraction of sp³-hybridized carbons (Fsp3) is 0.167. The number of anilines is 2. The third-order valence-electron chi connectivity index (χ3n) is 3.43. The molecule has 0 saturated carbocycles. The monoisotopic (exact) mass is 386 g/mol. The van der Waals surface area contributed by atoms with Crippen LogP contribution in [0.2, 0.25) is 0 Å². The maximum absolute atomic E-state index is 13.0. The van der Waals surface area contributed by atoms with Crippen LogP contribution in [0.3, 0.4) is 0 Å². The molecule has 1 aromatic heterocycles. The van der Waals surface area contributed by atoms with Gasteiger partial charge in [-0.2, -0.15) is 0 Å². The van der Waals surface area contributed by atoms with Gasteiger partial charge in [0.05, 0.1) is 12.3 Å². The second-order valence-electron chi connectivity index (χ2n) is 5.23. The average Bonchev–Trinajstić information content (AvgIpc) is 3.07. The number of amides is 1. The molecule has 1 amide bonds. The highest BCUT2D eigenvalue weighted by Gasteiger charge is 2.24. The molecule has 0 radical (unpaired) electrons. The van der Waals surface area contributed by atoms with Gasteiger partial charge in [-0.3, -0.25) is 4.79 Å². The predicted octanol–water partition coefficient (Wildman–Crippen LogP) is 3.99. The van der Waals surface area contributed by atoms with E-state index in [1.165, 1.54) is 23.1 Å². The van der Waals surface area contributed by atoms with E-state index in [0.717, 1.165) is 5.56 Å². The largest absolute Gasteiger partial charge is 0.492 e. The Balaban J connectivity index is 1.85. The Morgan fingerprint density at radius 2 is 1.92 bits per heavy atom. The summed E-state index contributed by atoms with van der Waals surface area (Å²) in [7, 11) is 0. The van der Waals surface area contributed by atoms with Gasteiger partial charge >= 0.3 is 0 Å². The summed E-state index contributed by atoms with van der Waals surface area (Å²) in [5.41, 5.74) is 7.17. The maximum atomic E-state index is 13.0. The molecule has 2 aromatic carbocycles. The van der Waals surface area contributed by atoms with Gasteiger partial charge in [0.25, 0.3) is 0 Å². The van der Waals surface area contributed by atoms with Gasteiger partial charge in [0.15, 0.2) is 4.34 Å². The Bertz CT molecular complexity index is 870. The Kier molecular flexibility index (Phi) is 6.08. The van der Waals surface area contributed by atoms with E-state index in [1.54, 1.807) is 0 Å². The lowest BCUT2D eigenvalue weighted by Gasteiger charge is -2.17. The van der Waals surface area contributed by atoms with Gasteiger partial charge in [0.1, 0.15) is 11.0 Å². The van der Waals surface area contributed by atoms with Gasteiger partial charge in [0, 0.05) is 0 Å². The molecule has 0 aliphatic carbocycles. The molecule has 26 heavy (non-hydrogen) atoms. The number of nitrogens with two attached hydrogens (primary N) is 1. The number of carbonyl (C=O) groups is 1. The highest BCUT2D eigenvalue weighted by atomic mass is 32.2. The van der Waals surface area contributed by atoms with Gasteiger partial charge in [-0.05, 0) is 24.6 Å². The van der Waals surface area contributed by atoms with Crippen LogP contribution in [-0.4, -0.2) is 22.7 Å². The van der Waals surface area contributed by atoms with E-state index in [2.05, 4.69) is 15.5 Å². The van der Waals surface area contributed by atoms with Crippen LogP contribution in [0.4, 0.5) is 10.8 Å². The molecular formula is C18H18N4O2S2. The van der Waals surface area contributed by atoms with Crippen molar-refractivity contribution >= 4 is 39.8 Å². The van der Waals surface area contributed by atoms with E-state index in [1.807, 2.05) is 61.5 Å². The van der Waals surface area contributed by atoms with Crippen molar-refractivity contribution in [3.63, 3.8) is 0 Å². The molecule has 0 saturated heterocycles. The van der Waals surface area contributed by atoms with Crippen LogP contribution < -0.4 is 15.8 Å². The lowest BCUT2D eigenvalue weighted by atomic mass is 10.1. The molecule has 0 fully saturated rings. The summed E-state index contributed by atoms with van der Waals surface area (Å²) in [4.78, 5) is 13.0. The molecule has 3 N–H and O–H groups in total. The van der Waals surface area contributed by atoms with Crippen molar-refractivity contribution in [1.82, 2.24) is 10.2 Å². The van der Waals surface area contributed by atoms with Gasteiger partial charge in [0.2, 0.25) is 11.0 Å². The zero-order valence-corrected chi connectivity index (χ0v) is 15.7. The first-order chi connectivity index (χ1) is 12.7. The van der Waals surface area contributed by atoms with Crippen molar-refractivity contribution in [2.45, 2.75) is 16.5 Å². The summed E-state index contributed by atoms with van der Waals surface area (Å²) in [6.07, 6.45) is 0. The van der Waals surface area contributed by atoms with Crippen molar-refractivity contribution < 1.29 is 9.53 Å². The van der Waals surface area contributed by atoms with Crippen LogP contribution in [0.25, 0.3) is 0 Å². The van der Waals surface area contributed by atoms with E-state index >= 15 is 0 Å². The number of para-hydroxylation sites is 2. The summed E-state index contributed by atoms with van der Waals surface area (Å²) in [6, 6.07) is 16.9. The third-order valence-corrected chi connectivity index (χ3v) is 5.52. The van der Waals surface area contributed by atoms with Gasteiger partial charge in [-0.1, -0.05) is 65.6 Å². The van der Waals surface area contributed by atoms with Crippen LogP contribution in [0.15, 0.2) is 58.9 Å². The number of benzene rings is 2. The van der Waals surface area contributed by atoms with Crippen molar-refractivity contribution in [1.29, 1.82) is 0 Å². The highest BCUT2D eigenvalue weighted by molar-refractivity contribution is 8.02. The summed E-state index contributed by atoms with van der Waals surface area (Å²) < 4.78 is 6.23. The smallest absolute Gasteiger partial charge is 0.242 e. The minimum absolute atomic E-state index is 0.165. The minimum atomic E-state index is -0.488. The first kappa shape index (κ1) is 18.2. The van der Waals surface area contributed by atoms with E-state index < -0.39 is 5.25 Å². The first-order valence-corrected chi connectivity index (χ1v) is 9.70. The van der Waals surface area contributed by atoms with Crippen molar-refractivity contribution in [3.05, 3.63) is 60.2 Å². The zero-order chi connectivity index (χ0) is 18.4. The third kappa shape index (κ3) is 4.53. The summed E-state index contributed by atoms with van der Waals surface area (Å²) in [5.74, 6) is 0.474. The molecule has 0 spiro atoms. The molecule has 3 rings (SSSR count). The topological polar surface area (TPSA) is 90.1 Å². The molecule has 8 heteroatoms. The number of hydrogen-bond donors (Lipinski definition) is 2. The number of nitrogens with one attached hydrogen (secondary N) is 1. The second-order valence-corrected chi connectivity index (χ2v) is 7.59. The molecule has 1 heterocycles. The number of thioether (sulfide) groups is 1. The number of rotatable bonds is 7. The molecule has 0 aliphatic heterocycles. The number of nitrogen functional groups attached to an aromatic ring is 1. The lowest BCUT2D eigenvalue weighted by molar-refractivity contribution is -0.115. The number of aromatic nitrogens is 2. The van der Waals surface area contributed by atoms with Crippen molar-refractivity contribution in [2.24, 2.45) is 0 Å². The van der Waals surface area contributed by atoms with Crippen LogP contribution in [0, 0.1) is 0 Å². The zero-order valence-electron chi connectivity index (χ0n) is 14.1. The molecular weight excluding hydrogens is 368 g/mol. The molecule has 0 aliphatic rings. The lowest BCUT2D eigenvalue weighted by Crippen LogP contribution is -2.19. The molecule has 6 nitrogen and oxygen atoms in total. The summed E-state index contributed by atoms with van der Waals surface area (Å²) in [5, 5.41) is 10.7. The molecule has 1 atom stereocenters. The van der Waals surface area contributed by atoms with E-state index in [0.29, 0.717) is 27.5 Å². The average molecular weight is 387 g/mol. The molecule has 3 aromatic rings. The van der Waals surface area contributed by atoms with E-state index in [4.69, 9.17) is 10.5 Å². The normalized spacial score (nSPS) is 11.7. The Hall–Kier alpha value is -2.58. The first-order valence-electron chi connectivity index (χ1n) is 8.00. The van der Waals surface area contributed by atoms with Crippen molar-refractivity contribution in [3.8, 4) is 5.75 Å². The highest BCUT2D eigenvalue weighted by Crippen LogP contribution is 2.38. The maximum Gasteiger partial charge on any atom is 0.242 e. The summed E-state index contributed by atoms with van der Waals surface area (Å²) in [6.45, 7) is 2.43. The fourth-order valence-electron chi connectivity index (χ4n) is 2.32. The number of hydrogen-bond acceptors (Lipinski definition) is 7. The SMILES string of the molecule is CCOc1ccccc1NC(=O)C(Sc1nnc(N)s1)c1ccccc1. The van der Waals surface area contributed by atoms with E-state index in [9.17, 15) is 4.79 Å². The van der Waals surface area contributed by atoms with Gasteiger partial charge < -0.3 is 15.8 Å². The van der Waals surface area contributed by atoms with Crippen LogP contribution in [-0.2, 0) is 4.79 Å². The standard InChI is InChI=1S/C18H18N4O2S2/c1-2-24-14-11-7-6-10-13(14)20-16(23)15(12-8-4-3-5-9-12)25-18-22-21-17(19)26-18/h3-11,15H,2H2,1H3,(H2,19,21)(H,20,23). The summed E-state index contributed by atoms with van der Waals surface area (Å²) >= 11 is 2.58. The molecule has 134 valence electrons. The van der Waals surface area contributed by atoms with Crippen LogP contribution >= 0.6 is 23.1 Å². The quantitative estimate of drug-likeness (QED) is 0.597. The van der Waals surface area contributed by atoms with E-state index in [-0.39, 0.29) is 5.91 Å².